The Morgan fingerprint density at radius 2 is 1.52 bits per heavy atom. The van der Waals surface area contributed by atoms with Crippen molar-refractivity contribution >= 4 is 29.2 Å². The molecule has 204 valence electrons. The summed E-state index contributed by atoms with van der Waals surface area (Å²) in [4.78, 5) is 32.6. The highest BCUT2D eigenvalue weighted by atomic mass is 35.5. The van der Waals surface area contributed by atoms with Crippen LogP contribution in [0.5, 0.6) is 0 Å². The second kappa shape index (κ2) is 12.7. The first-order chi connectivity index (χ1) is 19.5. The lowest BCUT2D eigenvalue weighted by Gasteiger charge is -2.36. The van der Waals surface area contributed by atoms with Crippen LogP contribution < -0.4 is 4.90 Å². The molecule has 0 N–H and O–H groups in total. The molecule has 1 saturated heterocycles. The van der Waals surface area contributed by atoms with Crippen LogP contribution in [-0.4, -0.2) is 71.1 Å². The number of nitrogens with zero attached hydrogens (tertiary/aromatic N) is 5. The van der Waals surface area contributed by atoms with Gasteiger partial charge in [0.25, 0.3) is 5.91 Å². The number of piperazine rings is 1. The van der Waals surface area contributed by atoms with Gasteiger partial charge in [0.15, 0.2) is 5.82 Å². The van der Waals surface area contributed by atoms with Gasteiger partial charge in [0, 0.05) is 43.9 Å². The number of carbonyl (C=O) groups excluding carboxylic acids is 2. The largest absolute Gasteiger partial charge is 0.352 e. The minimum Gasteiger partial charge on any atom is -0.352 e. The quantitative estimate of drug-likeness (QED) is 0.302. The monoisotopic (exact) mass is 553 g/mol. The Kier molecular flexibility index (Phi) is 8.71. The molecule has 0 spiro atoms. The summed E-state index contributed by atoms with van der Waals surface area (Å²) in [6, 6.07) is 29.0. The van der Waals surface area contributed by atoms with Crippen molar-refractivity contribution in [1.29, 1.82) is 0 Å². The van der Waals surface area contributed by atoms with E-state index in [1.807, 2.05) is 103 Å². The van der Waals surface area contributed by atoms with Crippen LogP contribution in [0.1, 0.15) is 21.5 Å². The summed E-state index contributed by atoms with van der Waals surface area (Å²) in [5, 5.41) is 9.43. The van der Waals surface area contributed by atoms with Gasteiger partial charge in [-0.1, -0.05) is 78.3 Å². The van der Waals surface area contributed by atoms with E-state index in [2.05, 4.69) is 15.1 Å². The molecule has 2 heterocycles. The maximum Gasteiger partial charge on any atom is 0.254 e. The number of anilines is 1. The van der Waals surface area contributed by atoms with Crippen molar-refractivity contribution in [2.45, 2.75) is 13.3 Å². The third-order valence-electron chi connectivity index (χ3n) is 7.26. The molecule has 4 aromatic rings. The second-order valence-corrected chi connectivity index (χ2v) is 10.3. The van der Waals surface area contributed by atoms with E-state index in [4.69, 9.17) is 11.6 Å². The van der Waals surface area contributed by atoms with E-state index >= 15 is 0 Å². The molecule has 2 amide bonds. The number of benzene rings is 3. The highest BCUT2D eigenvalue weighted by Crippen LogP contribution is 2.26. The number of hydrogen-bond donors (Lipinski definition) is 0. The first kappa shape index (κ1) is 27.3. The molecule has 0 unspecified atom stereocenters. The van der Waals surface area contributed by atoms with Gasteiger partial charge in [0.05, 0.1) is 10.7 Å². The summed E-state index contributed by atoms with van der Waals surface area (Å²) in [6.07, 6.45) is 0.683. The van der Waals surface area contributed by atoms with Gasteiger partial charge in [-0.2, -0.15) is 0 Å². The molecular formula is C32H32ClN5O2. The summed E-state index contributed by atoms with van der Waals surface area (Å²) >= 11 is 6.30. The first-order valence-corrected chi connectivity index (χ1v) is 13.9. The van der Waals surface area contributed by atoms with Crippen LogP contribution in [0, 0.1) is 6.92 Å². The van der Waals surface area contributed by atoms with E-state index in [9.17, 15) is 9.59 Å². The highest BCUT2D eigenvalue weighted by Gasteiger charge is 2.26. The van der Waals surface area contributed by atoms with Crippen molar-refractivity contribution in [3.63, 3.8) is 0 Å². The van der Waals surface area contributed by atoms with Gasteiger partial charge < -0.3 is 14.7 Å². The highest BCUT2D eigenvalue weighted by molar-refractivity contribution is 6.33. The molecule has 7 nitrogen and oxygen atoms in total. The fourth-order valence-corrected chi connectivity index (χ4v) is 5.13. The lowest BCUT2D eigenvalue weighted by Crippen LogP contribution is -2.52. The van der Waals surface area contributed by atoms with Crippen molar-refractivity contribution in [2.24, 2.45) is 0 Å². The molecule has 0 atom stereocenters. The van der Waals surface area contributed by atoms with Crippen molar-refractivity contribution in [1.82, 2.24) is 20.0 Å². The molecule has 0 bridgehead atoms. The molecule has 40 heavy (non-hydrogen) atoms. The summed E-state index contributed by atoms with van der Waals surface area (Å²) < 4.78 is 0. The molecule has 0 radical (unpaired) electrons. The van der Waals surface area contributed by atoms with Crippen LogP contribution in [-0.2, 0) is 11.2 Å². The molecule has 1 aliphatic heterocycles. The van der Waals surface area contributed by atoms with E-state index in [1.54, 1.807) is 4.90 Å². The molecule has 3 aromatic carbocycles. The molecule has 1 aliphatic rings. The molecule has 0 saturated carbocycles. The fraction of sp³-hybridized carbons (Fsp3) is 0.250. The minimum absolute atomic E-state index is 0.0465. The van der Waals surface area contributed by atoms with Gasteiger partial charge in [-0.05, 0) is 48.7 Å². The van der Waals surface area contributed by atoms with Gasteiger partial charge in [0.1, 0.15) is 6.54 Å². The van der Waals surface area contributed by atoms with Crippen LogP contribution in [0.2, 0.25) is 5.02 Å². The molecule has 1 aromatic heterocycles. The smallest absolute Gasteiger partial charge is 0.254 e. The van der Waals surface area contributed by atoms with Crippen molar-refractivity contribution < 1.29 is 9.59 Å². The Balaban J connectivity index is 1.22. The van der Waals surface area contributed by atoms with E-state index in [-0.39, 0.29) is 18.4 Å². The topological polar surface area (TPSA) is 69.6 Å². The maximum absolute atomic E-state index is 13.5. The Bertz CT molecular complexity index is 1450. The Morgan fingerprint density at radius 3 is 2.23 bits per heavy atom. The number of halogens is 1. The molecule has 0 aliphatic carbocycles. The lowest BCUT2D eigenvalue weighted by atomic mass is 10.1. The predicted octanol–water partition coefficient (Wildman–Crippen LogP) is 5.14. The minimum atomic E-state index is -0.116. The first-order valence-electron chi connectivity index (χ1n) is 13.5. The number of amides is 2. The Hall–Kier alpha value is -4.23. The zero-order valence-electron chi connectivity index (χ0n) is 22.5. The van der Waals surface area contributed by atoms with Gasteiger partial charge >= 0.3 is 0 Å². The zero-order chi connectivity index (χ0) is 27.9. The molecular weight excluding hydrogens is 522 g/mol. The van der Waals surface area contributed by atoms with E-state index in [1.165, 1.54) is 0 Å². The Labute approximate surface area is 240 Å². The molecule has 1 fully saturated rings. The van der Waals surface area contributed by atoms with Crippen molar-refractivity contribution in [3.8, 4) is 11.3 Å². The average Bonchev–Trinajstić information content (AvgIpc) is 3.00. The number of hydrogen-bond acceptors (Lipinski definition) is 5. The van der Waals surface area contributed by atoms with Gasteiger partial charge in [0.2, 0.25) is 5.91 Å². The third kappa shape index (κ3) is 6.49. The summed E-state index contributed by atoms with van der Waals surface area (Å²) in [7, 11) is 0. The van der Waals surface area contributed by atoms with Crippen LogP contribution in [0.25, 0.3) is 11.3 Å². The van der Waals surface area contributed by atoms with Crippen molar-refractivity contribution in [3.05, 3.63) is 113 Å². The van der Waals surface area contributed by atoms with Crippen LogP contribution >= 0.6 is 11.6 Å². The van der Waals surface area contributed by atoms with E-state index in [0.29, 0.717) is 49.7 Å². The number of aromatic nitrogens is 2. The number of rotatable bonds is 8. The zero-order valence-corrected chi connectivity index (χ0v) is 23.3. The van der Waals surface area contributed by atoms with Crippen LogP contribution in [0.15, 0.2) is 91.0 Å². The summed E-state index contributed by atoms with van der Waals surface area (Å²) in [5.74, 6) is 0.604. The van der Waals surface area contributed by atoms with Gasteiger partial charge in [-0.15, -0.1) is 10.2 Å². The fourth-order valence-electron chi connectivity index (χ4n) is 4.90. The average molecular weight is 554 g/mol. The number of aryl methyl sites for hydroxylation is 1. The standard InChI is InChI=1S/C32H32ClN5O2/c1-24-9-5-6-12-26(24)32(40)38(18-17-25-10-3-2-4-11-25)23-31(39)37-21-19-36(20-22-37)30-16-15-29(34-35-30)27-13-7-8-14-28(27)33/h2-16H,17-23H2,1H3. The van der Waals surface area contributed by atoms with Crippen molar-refractivity contribution in [2.75, 3.05) is 44.2 Å². The van der Waals surface area contributed by atoms with Crippen LogP contribution in [0.4, 0.5) is 5.82 Å². The Morgan fingerprint density at radius 1 is 0.825 bits per heavy atom. The van der Waals surface area contributed by atoms with Gasteiger partial charge in [-0.3, -0.25) is 9.59 Å². The van der Waals surface area contributed by atoms with E-state index < -0.39 is 0 Å². The summed E-state index contributed by atoms with van der Waals surface area (Å²) in [5.41, 5.74) is 4.23. The van der Waals surface area contributed by atoms with Crippen LogP contribution in [0.3, 0.4) is 0 Å². The molecule has 5 rings (SSSR count). The lowest BCUT2D eigenvalue weighted by molar-refractivity contribution is -0.132. The number of carbonyl (C=O) groups is 2. The van der Waals surface area contributed by atoms with E-state index in [0.717, 1.165) is 28.2 Å². The maximum atomic E-state index is 13.5. The predicted molar refractivity (Wildman–Crippen MR) is 158 cm³/mol. The summed E-state index contributed by atoms with van der Waals surface area (Å²) in [6.45, 7) is 4.83. The molecule has 8 heteroatoms. The third-order valence-corrected chi connectivity index (χ3v) is 7.59. The normalized spacial score (nSPS) is 13.2. The SMILES string of the molecule is Cc1ccccc1C(=O)N(CCc1ccccc1)CC(=O)N1CCN(c2ccc(-c3ccccc3Cl)nn2)CC1. The van der Waals surface area contributed by atoms with Gasteiger partial charge in [-0.25, -0.2) is 0 Å². The second-order valence-electron chi connectivity index (χ2n) is 9.90.